The van der Waals surface area contributed by atoms with Crippen LogP contribution in [0.5, 0.6) is 5.75 Å². The van der Waals surface area contributed by atoms with Gasteiger partial charge in [-0.15, -0.1) is 0 Å². The third kappa shape index (κ3) is 6.06. The second-order valence-electron chi connectivity index (χ2n) is 4.38. The second-order valence-corrected chi connectivity index (χ2v) is 4.38. The van der Waals surface area contributed by atoms with Crippen LogP contribution in [-0.4, -0.2) is 44.5 Å². The molecular weight excluding hydrogens is 292 g/mol. The highest BCUT2D eigenvalue weighted by Crippen LogP contribution is 2.25. The van der Waals surface area contributed by atoms with Crippen LogP contribution in [0.15, 0.2) is 24.3 Å². The van der Waals surface area contributed by atoms with Crippen molar-refractivity contribution >= 4 is 11.6 Å². The zero-order valence-corrected chi connectivity index (χ0v) is 12.6. The van der Waals surface area contributed by atoms with E-state index in [0.29, 0.717) is 6.42 Å². The molecule has 0 aliphatic heterocycles. The molecule has 0 unspecified atom stereocenters. The number of hydrogen-bond acceptors (Lipinski definition) is 6. The number of carbonyl (C=O) groups excluding carboxylic acids is 1. The van der Waals surface area contributed by atoms with Crippen molar-refractivity contribution in [3.63, 3.8) is 0 Å². The van der Waals surface area contributed by atoms with E-state index in [4.69, 9.17) is 14.2 Å². The van der Waals surface area contributed by atoms with E-state index >= 15 is 0 Å². The highest BCUT2D eigenvalue weighted by atomic mass is 16.7. The van der Waals surface area contributed by atoms with Gasteiger partial charge in [0.05, 0.1) is 18.1 Å². The highest BCUT2D eigenvalue weighted by molar-refractivity contribution is 5.75. The summed E-state index contributed by atoms with van der Waals surface area (Å²) in [5.41, 5.74) is -0.0880. The number of nitro groups is 1. The minimum Gasteiger partial charge on any atom is -0.487 e. The van der Waals surface area contributed by atoms with E-state index in [9.17, 15) is 14.9 Å². The van der Waals surface area contributed by atoms with E-state index in [1.54, 1.807) is 12.1 Å². The first-order chi connectivity index (χ1) is 10.6. The quantitative estimate of drug-likeness (QED) is 0.304. The molecule has 1 aromatic carbocycles. The monoisotopic (exact) mass is 312 g/mol. The van der Waals surface area contributed by atoms with Crippen LogP contribution in [0, 0.1) is 10.1 Å². The number of hydrogen-bond donors (Lipinski definition) is 1. The molecule has 22 heavy (non-hydrogen) atoms. The maximum Gasteiger partial charge on any atom is 0.310 e. The molecule has 8 heteroatoms. The molecule has 1 amide bonds. The average Bonchev–Trinajstić information content (AvgIpc) is 2.52. The average molecular weight is 312 g/mol. The summed E-state index contributed by atoms with van der Waals surface area (Å²) in [6.07, 6.45) is 0.218. The molecule has 1 aromatic rings. The summed E-state index contributed by atoms with van der Waals surface area (Å²) >= 11 is 0. The van der Waals surface area contributed by atoms with Gasteiger partial charge in [-0.25, -0.2) is 0 Å². The van der Waals surface area contributed by atoms with Crippen molar-refractivity contribution in [2.45, 2.75) is 19.1 Å². The molecule has 1 rings (SSSR count). The molecule has 0 fully saturated rings. The Morgan fingerprint density at radius 1 is 1.32 bits per heavy atom. The number of amides is 1. The van der Waals surface area contributed by atoms with Gasteiger partial charge in [0.25, 0.3) is 0 Å². The van der Waals surface area contributed by atoms with Gasteiger partial charge < -0.3 is 19.5 Å². The van der Waals surface area contributed by atoms with E-state index in [0.717, 1.165) is 0 Å². The number of nitro benzene ring substituents is 1. The van der Waals surface area contributed by atoms with Gasteiger partial charge in [-0.2, -0.15) is 0 Å². The Hall–Kier alpha value is -2.19. The van der Waals surface area contributed by atoms with E-state index in [-0.39, 0.29) is 36.9 Å². The van der Waals surface area contributed by atoms with Gasteiger partial charge in [-0.3, -0.25) is 14.9 Å². The van der Waals surface area contributed by atoms with Crippen LogP contribution in [0.2, 0.25) is 0 Å². The van der Waals surface area contributed by atoms with Gasteiger partial charge in [-0.1, -0.05) is 12.1 Å². The molecule has 122 valence electrons. The summed E-state index contributed by atoms with van der Waals surface area (Å²) in [4.78, 5) is 21.9. The topological polar surface area (TPSA) is 99.9 Å². The van der Waals surface area contributed by atoms with Crippen molar-refractivity contribution in [1.29, 1.82) is 0 Å². The summed E-state index contributed by atoms with van der Waals surface area (Å²) in [7, 11) is 2.97. The van der Waals surface area contributed by atoms with Crippen molar-refractivity contribution in [3.05, 3.63) is 34.4 Å². The van der Waals surface area contributed by atoms with Crippen molar-refractivity contribution in [2.24, 2.45) is 0 Å². The number of methoxy groups -OCH3 is 2. The smallest absolute Gasteiger partial charge is 0.310 e. The third-order valence-electron chi connectivity index (χ3n) is 2.86. The third-order valence-corrected chi connectivity index (χ3v) is 2.86. The van der Waals surface area contributed by atoms with Crippen LogP contribution in [0.3, 0.4) is 0 Å². The van der Waals surface area contributed by atoms with E-state index in [2.05, 4.69) is 5.32 Å². The van der Waals surface area contributed by atoms with Crippen molar-refractivity contribution in [2.75, 3.05) is 27.4 Å². The van der Waals surface area contributed by atoms with Crippen LogP contribution in [-0.2, 0) is 14.3 Å². The number of carbonyl (C=O) groups is 1. The largest absolute Gasteiger partial charge is 0.487 e. The Balaban J connectivity index is 2.28. The second kappa shape index (κ2) is 9.69. The molecule has 0 saturated heterocycles. The van der Waals surface area contributed by atoms with Gasteiger partial charge in [-0.05, 0) is 12.5 Å². The molecule has 0 aliphatic rings. The fourth-order valence-corrected chi connectivity index (χ4v) is 1.69. The lowest BCUT2D eigenvalue weighted by atomic mass is 10.3. The maximum absolute atomic E-state index is 11.6. The maximum atomic E-state index is 11.6. The Morgan fingerprint density at radius 2 is 2.00 bits per heavy atom. The lowest BCUT2D eigenvalue weighted by Crippen LogP contribution is -2.34. The SMILES string of the molecule is COC(CNC(=O)CCCOc1ccccc1[N+](=O)[O-])OC. The molecule has 1 N–H and O–H groups in total. The Kier molecular flexibility index (Phi) is 7.87. The Labute approximate surface area is 128 Å². The number of para-hydroxylation sites is 2. The first-order valence-corrected chi connectivity index (χ1v) is 6.77. The number of rotatable bonds is 10. The van der Waals surface area contributed by atoms with E-state index < -0.39 is 11.2 Å². The standard InChI is InChI=1S/C14H20N2O6/c1-20-14(21-2)10-15-13(17)8-5-9-22-12-7-4-3-6-11(12)16(18)19/h3-4,6-7,14H,5,8-10H2,1-2H3,(H,15,17). The molecule has 8 nitrogen and oxygen atoms in total. The van der Waals surface area contributed by atoms with Crippen LogP contribution in [0.25, 0.3) is 0 Å². The fourth-order valence-electron chi connectivity index (χ4n) is 1.69. The zero-order valence-electron chi connectivity index (χ0n) is 12.6. The number of nitrogens with one attached hydrogen (secondary N) is 1. The van der Waals surface area contributed by atoms with E-state index in [1.807, 2.05) is 0 Å². The number of benzene rings is 1. The molecule has 0 atom stereocenters. The van der Waals surface area contributed by atoms with E-state index in [1.165, 1.54) is 26.4 Å². The predicted octanol–water partition coefficient (Wildman–Crippen LogP) is 1.49. The normalized spacial score (nSPS) is 10.5. The summed E-state index contributed by atoms with van der Waals surface area (Å²) in [6, 6.07) is 6.13. The summed E-state index contributed by atoms with van der Waals surface area (Å²) < 4.78 is 15.2. The molecule has 0 aromatic heterocycles. The van der Waals surface area contributed by atoms with Crippen LogP contribution in [0.1, 0.15) is 12.8 Å². The van der Waals surface area contributed by atoms with Gasteiger partial charge in [0, 0.05) is 26.7 Å². The van der Waals surface area contributed by atoms with Gasteiger partial charge in [0.15, 0.2) is 12.0 Å². The summed E-state index contributed by atoms with van der Waals surface area (Å²) in [6.45, 7) is 0.479. The molecular formula is C14H20N2O6. The lowest BCUT2D eigenvalue weighted by Gasteiger charge is -2.14. The number of nitrogens with zero attached hydrogens (tertiary/aromatic N) is 1. The molecule has 0 heterocycles. The van der Waals surface area contributed by atoms with Crippen LogP contribution in [0.4, 0.5) is 5.69 Å². The van der Waals surface area contributed by atoms with Gasteiger partial charge in [0.1, 0.15) is 0 Å². The Morgan fingerprint density at radius 3 is 2.64 bits per heavy atom. The fraction of sp³-hybridized carbons (Fsp3) is 0.500. The minimum atomic E-state index is -0.502. The van der Waals surface area contributed by atoms with Crippen molar-refractivity contribution in [1.82, 2.24) is 5.32 Å². The molecule has 0 radical (unpaired) electrons. The van der Waals surface area contributed by atoms with Crippen molar-refractivity contribution < 1.29 is 23.9 Å². The first-order valence-electron chi connectivity index (χ1n) is 6.77. The molecule has 0 bridgehead atoms. The minimum absolute atomic E-state index is 0.0880. The summed E-state index contributed by atoms with van der Waals surface area (Å²) in [5.74, 6) is 0.0389. The van der Waals surface area contributed by atoms with Crippen LogP contribution >= 0.6 is 0 Å². The Bertz CT molecular complexity index is 490. The molecule has 0 spiro atoms. The zero-order chi connectivity index (χ0) is 16.4. The van der Waals surface area contributed by atoms with Gasteiger partial charge in [0.2, 0.25) is 5.91 Å². The number of ether oxygens (including phenoxy) is 3. The highest BCUT2D eigenvalue weighted by Gasteiger charge is 2.13. The summed E-state index contributed by atoms with van der Waals surface area (Å²) in [5, 5.41) is 13.5. The first kappa shape index (κ1) is 17.9. The lowest BCUT2D eigenvalue weighted by molar-refractivity contribution is -0.385. The van der Waals surface area contributed by atoms with Crippen LogP contribution < -0.4 is 10.1 Å². The molecule has 0 aliphatic carbocycles. The van der Waals surface area contributed by atoms with Crippen molar-refractivity contribution in [3.8, 4) is 5.75 Å². The molecule has 0 saturated carbocycles. The van der Waals surface area contributed by atoms with Gasteiger partial charge >= 0.3 is 5.69 Å². The predicted molar refractivity (Wildman–Crippen MR) is 78.6 cm³/mol.